The number of aromatic nitrogens is 2. The molecule has 4 rings (SSSR count). The molecule has 2 aromatic carbocycles. The molecular formula is C27H24ClN3O7. The molecule has 2 N–H and O–H groups in total. The minimum Gasteiger partial charge on any atom is -0.495 e. The number of amides is 1. The maximum Gasteiger partial charge on any atom is 0.335 e. The van der Waals surface area contributed by atoms with Gasteiger partial charge in [0, 0.05) is 48.0 Å². The van der Waals surface area contributed by atoms with E-state index in [1.165, 1.54) is 61.7 Å². The van der Waals surface area contributed by atoms with E-state index in [0.29, 0.717) is 38.9 Å². The molecule has 2 aromatic heterocycles. The number of carbonyl (C=O) groups excluding carboxylic acids is 1. The van der Waals surface area contributed by atoms with Crippen molar-refractivity contribution in [3.8, 4) is 28.2 Å². The molecule has 1 atom stereocenters. The normalized spacial score (nSPS) is 11.7. The molecule has 0 saturated carbocycles. The summed E-state index contributed by atoms with van der Waals surface area (Å²) in [6.07, 6.45) is 4.51. The SMILES string of the molecule is COCC[C@@H](C(=O)Nc1ccc(C(=O)O)cc1)n1cc(OC)c(-c2cc(Cl)ccc2-c2cnco2)cc1=O. The molecule has 10 nitrogen and oxygen atoms in total. The van der Waals surface area contributed by atoms with Crippen molar-refractivity contribution in [1.82, 2.24) is 9.55 Å². The Labute approximate surface area is 222 Å². The highest BCUT2D eigenvalue weighted by molar-refractivity contribution is 6.31. The first-order valence-corrected chi connectivity index (χ1v) is 11.8. The Morgan fingerprint density at radius 3 is 2.50 bits per heavy atom. The molecule has 0 fully saturated rings. The van der Waals surface area contributed by atoms with Crippen LogP contribution in [0.4, 0.5) is 5.69 Å². The van der Waals surface area contributed by atoms with Crippen molar-refractivity contribution in [2.24, 2.45) is 0 Å². The Morgan fingerprint density at radius 2 is 1.87 bits per heavy atom. The predicted octanol–water partition coefficient (Wildman–Crippen LogP) is 4.75. The maximum absolute atomic E-state index is 13.4. The van der Waals surface area contributed by atoms with Gasteiger partial charge in [-0.25, -0.2) is 9.78 Å². The molecule has 0 spiro atoms. The van der Waals surface area contributed by atoms with Crippen LogP contribution >= 0.6 is 11.6 Å². The minimum absolute atomic E-state index is 0.0844. The van der Waals surface area contributed by atoms with Crippen molar-refractivity contribution in [2.75, 3.05) is 26.1 Å². The Morgan fingerprint density at radius 1 is 1.11 bits per heavy atom. The highest BCUT2D eigenvalue weighted by Gasteiger charge is 2.24. The summed E-state index contributed by atoms with van der Waals surface area (Å²) in [6.45, 7) is 0.205. The summed E-state index contributed by atoms with van der Waals surface area (Å²) in [5.74, 6) is -0.749. The van der Waals surface area contributed by atoms with Crippen LogP contribution in [-0.2, 0) is 9.53 Å². The van der Waals surface area contributed by atoms with E-state index in [2.05, 4.69) is 10.3 Å². The number of ether oxygens (including phenoxy) is 2. The number of hydrogen-bond acceptors (Lipinski definition) is 7. The van der Waals surface area contributed by atoms with Crippen LogP contribution in [0.25, 0.3) is 22.5 Å². The van der Waals surface area contributed by atoms with Crippen LogP contribution < -0.4 is 15.6 Å². The second-order valence-corrected chi connectivity index (χ2v) is 8.66. The van der Waals surface area contributed by atoms with Crippen LogP contribution in [-0.4, -0.2) is 47.4 Å². The van der Waals surface area contributed by atoms with E-state index in [1.54, 1.807) is 24.4 Å². The lowest BCUT2D eigenvalue weighted by Crippen LogP contribution is -2.34. The molecule has 1 amide bonds. The second-order valence-electron chi connectivity index (χ2n) is 8.23. The number of anilines is 1. The van der Waals surface area contributed by atoms with Gasteiger partial charge < -0.3 is 24.3 Å². The third kappa shape index (κ3) is 5.77. The molecule has 0 bridgehead atoms. The number of rotatable bonds is 10. The fourth-order valence-electron chi connectivity index (χ4n) is 4.00. The van der Waals surface area contributed by atoms with Gasteiger partial charge in [-0.15, -0.1) is 0 Å². The molecule has 0 radical (unpaired) electrons. The molecule has 2 heterocycles. The monoisotopic (exact) mass is 537 g/mol. The summed E-state index contributed by atoms with van der Waals surface area (Å²) < 4.78 is 17.5. The van der Waals surface area contributed by atoms with E-state index in [4.69, 9.17) is 30.6 Å². The molecule has 0 unspecified atom stereocenters. The van der Waals surface area contributed by atoms with Crippen LogP contribution in [0, 0.1) is 0 Å². The van der Waals surface area contributed by atoms with Crippen molar-refractivity contribution in [3.05, 3.63) is 88.3 Å². The van der Waals surface area contributed by atoms with E-state index in [1.807, 2.05) is 0 Å². The largest absolute Gasteiger partial charge is 0.495 e. The van der Waals surface area contributed by atoms with Crippen LogP contribution in [0.15, 0.2) is 76.5 Å². The molecule has 4 aromatic rings. The summed E-state index contributed by atoms with van der Waals surface area (Å²) in [5, 5.41) is 12.3. The highest BCUT2D eigenvalue weighted by Crippen LogP contribution is 2.38. The first-order valence-electron chi connectivity index (χ1n) is 11.4. The van der Waals surface area contributed by atoms with Crippen molar-refractivity contribution in [1.29, 1.82) is 0 Å². The van der Waals surface area contributed by atoms with Crippen molar-refractivity contribution in [3.63, 3.8) is 0 Å². The number of oxazole rings is 1. The van der Waals surface area contributed by atoms with Gasteiger partial charge in [-0.3, -0.25) is 14.2 Å². The number of pyridine rings is 1. The molecule has 0 saturated heterocycles. The van der Waals surface area contributed by atoms with Crippen molar-refractivity contribution in [2.45, 2.75) is 12.5 Å². The lowest BCUT2D eigenvalue weighted by molar-refractivity contribution is -0.119. The van der Waals surface area contributed by atoms with E-state index in [-0.39, 0.29) is 18.6 Å². The van der Waals surface area contributed by atoms with Gasteiger partial charge in [0.05, 0.1) is 25.1 Å². The van der Waals surface area contributed by atoms with Gasteiger partial charge in [0.1, 0.15) is 11.8 Å². The zero-order valence-electron chi connectivity index (χ0n) is 20.5. The van der Waals surface area contributed by atoms with Gasteiger partial charge in [0.25, 0.3) is 5.56 Å². The first-order chi connectivity index (χ1) is 18.3. The van der Waals surface area contributed by atoms with E-state index in [0.717, 1.165) is 0 Å². The van der Waals surface area contributed by atoms with Gasteiger partial charge in [-0.2, -0.15) is 0 Å². The Hall–Kier alpha value is -4.41. The van der Waals surface area contributed by atoms with Gasteiger partial charge in [-0.05, 0) is 48.0 Å². The summed E-state index contributed by atoms with van der Waals surface area (Å²) in [7, 11) is 2.96. The number of nitrogens with one attached hydrogen (secondary N) is 1. The van der Waals surface area contributed by atoms with Gasteiger partial charge in [0.15, 0.2) is 12.2 Å². The lowest BCUT2D eigenvalue weighted by atomic mass is 9.98. The van der Waals surface area contributed by atoms with Crippen LogP contribution in [0.1, 0.15) is 22.8 Å². The van der Waals surface area contributed by atoms with E-state index < -0.39 is 23.5 Å². The van der Waals surface area contributed by atoms with Gasteiger partial charge in [0.2, 0.25) is 5.91 Å². The Balaban J connectivity index is 1.74. The van der Waals surface area contributed by atoms with E-state index in [9.17, 15) is 14.4 Å². The zero-order valence-corrected chi connectivity index (χ0v) is 21.3. The van der Waals surface area contributed by atoms with Crippen LogP contribution in [0.5, 0.6) is 5.75 Å². The van der Waals surface area contributed by atoms with Crippen molar-refractivity contribution < 1.29 is 28.6 Å². The predicted molar refractivity (Wildman–Crippen MR) is 141 cm³/mol. The third-order valence-electron chi connectivity index (χ3n) is 5.87. The summed E-state index contributed by atoms with van der Waals surface area (Å²) in [5.41, 5.74) is 1.71. The number of nitrogens with zero attached hydrogens (tertiary/aromatic N) is 2. The third-order valence-corrected chi connectivity index (χ3v) is 6.10. The summed E-state index contributed by atoms with van der Waals surface area (Å²) in [6, 6.07) is 11.3. The van der Waals surface area contributed by atoms with E-state index >= 15 is 0 Å². The number of carboxylic acid groups (broad SMARTS) is 1. The van der Waals surface area contributed by atoms with Crippen LogP contribution in [0.2, 0.25) is 5.02 Å². The minimum atomic E-state index is -1.08. The molecule has 11 heteroatoms. The average molecular weight is 538 g/mol. The standard InChI is InChI=1S/C27H24ClN3O7/c1-36-10-9-22(26(33)30-18-6-3-16(4-7-18)27(34)35)31-14-24(37-2)21(12-25(31)32)20-11-17(28)5-8-19(20)23-13-29-15-38-23/h3-8,11-15,22H,9-10H2,1-2H3,(H,30,33)(H,34,35)/t22-/m0/s1. The number of aromatic carboxylic acids is 1. The smallest absolute Gasteiger partial charge is 0.335 e. The molecule has 196 valence electrons. The quantitative estimate of drug-likeness (QED) is 0.296. The van der Waals surface area contributed by atoms with Gasteiger partial charge in [-0.1, -0.05) is 11.6 Å². The lowest BCUT2D eigenvalue weighted by Gasteiger charge is -2.21. The number of hydrogen-bond donors (Lipinski definition) is 2. The molecule has 0 aliphatic rings. The van der Waals surface area contributed by atoms with Crippen LogP contribution in [0.3, 0.4) is 0 Å². The highest BCUT2D eigenvalue weighted by atomic mass is 35.5. The van der Waals surface area contributed by atoms with Gasteiger partial charge >= 0.3 is 5.97 Å². The fraction of sp³-hybridized carbons (Fsp3) is 0.185. The maximum atomic E-state index is 13.4. The number of carbonyl (C=O) groups is 2. The number of halogens is 1. The molecule has 38 heavy (non-hydrogen) atoms. The summed E-state index contributed by atoms with van der Waals surface area (Å²) in [4.78, 5) is 41.8. The number of benzene rings is 2. The number of carboxylic acids is 1. The topological polar surface area (TPSA) is 133 Å². The second kappa shape index (κ2) is 11.8. The fourth-order valence-corrected chi connectivity index (χ4v) is 4.17. The molecule has 0 aliphatic carbocycles. The Bertz CT molecular complexity index is 1500. The molecular weight excluding hydrogens is 514 g/mol. The first kappa shape index (κ1) is 26.6. The zero-order chi connectivity index (χ0) is 27.2. The molecule has 0 aliphatic heterocycles. The number of methoxy groups -OCH3 is 2. The Kier molecular flexibility index (Phi) is 8.25. The average Bonchev–Trinajstić information content (AvgIpc) is 3.44. The van der Waals surface area contributed by atoms with Crippen molar-refractivity contribution >= 4 is 29.2 Å². The summed E-state index contributed by atoms with van der Waals surface area (Å²) >= 11 is 6.28.